The average molecular weight is 914 g/mol. The first kappa shape index (κ1) is 62.2. The molecule has 1 amide bonds. The highest BCUT2D eigenvalue weighted by atomic mass is 31.2. The number of quaternary nitrogens is 1. The maximum atomic E-state index is 13.0. The molecule has 0 aliphatic heterocycles. The van der Waals surface area contributed by atoms with Gasteiger partial charge in [0.25, 0.3) is 0 Å². The van der Waals surface area contributed by atoms with Crippen LogP contribution in [-0.2, 0) is 18.4 Å². The molecule has 3 N–H and O–H groups in total. The van der Waals surface area contributed by atoms with Gasteiger partial charge in [0.1, 0.15) is 13.2 Å². The molecule has 0 aromatic carbocycles. The third-order valence-corrected chi connectivity index (χ3v) is 13.7. The zero-order valence-corrected chi connectivity index (χ0v) is 43.7. The lowest BCUT2D eigenvalue weighted by Gasteiger charge is -2.26. The molecule has 0 aliphatic rings. The van der Waals surface area contributed by atoms with Crippen molar-refractivity contribution in [1.82, 2.24) is 5.32 Å². The van der Waals surface area contributed by atoms with Crippen molar-refractivity contribution in [1.29, 1.82) is 0 Å². The van der Waals surface area contributed by atoms with E-state index < -0.39 is 20.0 Å². The molecule has 0 aromatic rings. The quantitative estimate of drug-likeness (QED) is 0.0243. The molecule has 3 unspecified atom stereocenters. The lowest BCUT2D eigenvalue weighted by molar-refractivity contribution is -0.870. The van der Waals surface area contributed by atoms with Crippen molar-refractivity contribution in [2.24, 2.45) is 0 Å². The van der Waals surface area contributed by atoms with Gasteiger partial charge in [0.15, 0.2) is 0 Å². The van der Waals surface area contributed by atoms with Crippen molar-refractivity contribution in [2.75, 3.05) is 40.9 Å². The second kappa shape index (κ2) is 46.4. The number of carbonyl (C=O) groups is 1. The molecule has 3 atom stereocenters. The fourth-order valence-corrected chi connectivity index (χ4v) is 9.13. The van der Waals surface area contributed by atoms with E-state index in [2.05, 4.69) is 31.3 Å². The van der Waals surface area contributed by atoms with Gasteiger partial charge in [-0.15, -0.1) is 0 Å². The van der Waals surface area contributed by atoms with Crippen LogP contribution < -0.4 is 5.32 Å². The minimum absolute atomic E-state index is 0.0764. The maximum Gasteiger partial charge on any atom is 0.472 e. The highest BCUT2D eigenvalue weighted by Crippen LogP contribution is 2.43. The summed E-state index contributed by atoms with van der Waals surface area (Å²) in [6, 6.07) is -0.759. The van der Waals surface area contributed by atoms with Gasteiger partial charge in [-0.05, 0) is 38.5 Å². The largest absolute Gasteiger partial charge is 0.472 e. The number of phosphoric acid groups is 1. The first-order valence-electron chi connectivity index (χ1n) is 27.6. The Kier molecular flexibility index (Phi) is 45.8. The van der Waals surface area contributed by atoms with Gasteiger partial charge in [0.05, 0.1) is 39.9 Å². The number of nitrogens with zero attached hydrogens (tertiary/aromatic N) is 1. The van der Waals surface area contributed by atoms with E-state index in [9.17, 15) is 19.4 Å². The molecule has 9 heteroatoms. The van der Waals surface area contributed by atoms with Gasteiger partial charge in [0.2, 0.25) is 5.91 Å². The first-order chi connectivity index (χ1) is 30.5. The number of allylic oxidation sites excluding steroid dienone is 2. The molecule has 0 radical (unpaired) electrons. The van der Waals surface area contributed by atoms with Crippen LogP contribution in [0.15, 0.2) is 12.2 Å². The van der Waals surface area contributed by atoms with Crippen molar-refractivity contribution < 1.29 is 32.9 Å². The summed E-state index contributed by atoms with van der Waals surface area (Å²) < 4.78 is 23.7. The Bertz CT molecular complexity index is 1040. The normalized spacial score (nSPS) is 14.1. The molecular formula is C54H110N2O6P+. The van der Waals surface area contributed by atoms with E-state index in [0.717, 1.165) is 38.5 Å². The average Bonchev–Trinajstić information content (AvgIpc) is 3.24. The van der Waals surface area contributed by atoms with Crippen LogP contribution in [0.4, 0.5) is 0 Å². The van der Waals surface area contributed by atoms with E-state index in [1.165, 1.54) is 212 Å². The Labute approximate surface area is 392 Å². The van der Waals surface area contributed by atoms with E-state index in [-0.39, 0.29) is 19.1 Å². The molecule has 0 spiro atoms. The van der Waals surface area contributed by atoms with Crippen molar-refractivity contribution >= 4 is 13.7 Å². The molecule has 0 rings (SSSR count). The predicted octanol–water partition coefficient (Wildman–Crippen LogP) is 16.3. The number of hydrogen-bond donors (Lipinski definition) is 3. The number of phosphoric ester groups is 1. The van der Waals surface area contributed by atoms with Crippen molar-refractivity contribution in [3.63, 3.8) is 0 Å². The van der Waals surface area contributed by atoms with Crippen LogP contribution in [0.25, 0.3) is 0 Å². The lowest BCUT2D eigenvalue weighted by atomic mass is 10.0. The summed E-state index contributed by atoms with van der Waals surface area (Å²) in [5, 5.41) is 14.0. The second-order valence-corrected chi connectivity index (χ2v) is 21.8. The molecule has 0 bridgehead atoms. The Morgan fingerprint density at radius 3 is 1.22 bits per heavy atom. The molecule has 0 aliphatic carbocycles. The number of carbonyl (C=O) groups excluding carboxylic acids is 1. The van der Waals surface area contributed by atoms with Gasteiger partial charge in [-0.3, -0.25) is 13.8 Å². The van der Waals surface area contributed by atoms with Gasteiger partial charge in [-0.2, -0.15) is 0 Å². The molecule has 0 aromatic heterocycles. The number of aliphatic hydroxyl groups excluding tert-OH is 1. The van der Waals surface area contributed by atoms with E-state index >= 15 is 0 Å². The molecule has 0 heterocycles. The number of aliphatic hydroxyl groups is 1. The smallest absolute Gasteiger partial charge is 0.391 e. The summed E-state index contributed by atoms with van der Waals surface area (Å²) in [6.07, 6.45) is 55.4. The summed E-state index contributed by atoms with van der Waals surface area (Å²) >= 11 is 0. The number of rotatable bonds is 51. The summed E-state index contributed by atoms with van der Waals surface area (Å²) in [6.45, 7) is 4.93. The van der Waals surface area contributed by atoms with Crippen LogP contribution in [0.5, 0.6) is 0 Å². The topological polar surface area (TPSA) is 105 Å². The third kappa shape index (κ3) is 49.0. The van der Waals surface area contributed by atoms with E-state index in [1.807, 2.05) is 21.1 Å². The van der Waals surface area contributed by atoms with Crippen LogP contribution in [0.3, 0.4) is 0 Å². The van der Waals surface area contributed by atoms with Gasteiger partial charge in [-0.1, -0.05) is 244 Å². The Hall–Kier alpha value is -0.760. The summed E-state index contributed by atoms with van der Waals surface area (Å²) in [5.41, 5.74) is 0. The van der Waals surface area contributed by atoms with Gasteiger partial charge in [-0.25, -0.2) is 4.57 Å². The summed E-state index contributed by atoms with van der Waals surface area (Å²) in [4.78, 5) is 23.3. The fraction of sp³-hybridized carbons (Fsp3) is 0.944. The number of unbranched alkanes of at least 4 members (excludes halogenated alkanes) is 36. The van der Waals surface area contributed by atoms with Crippen LogP contribution in [0.2, 0.25) is 0 Å². The van der Waals surface area contributed by atoms with Crippen LogP contribution in [-0.4, -0.2) is 73.4 Å². The van der Waals surface area contributed by atoms with Gasteiger partial charge in [0, 0.05) is 6.42 Å². The third-order valence-electron chi connectivity index (χ3n) is 12.8. The zero-order valence-electron chi connectivity index (χ0n) is 42.8. The zero-order chi connectivity index (χ0) is 46.4. The monoisotopic (exact) mass is 914 g/mol. The number of nitrogens with one attached hydrogen (secondary N) is 1. The Morgan fingerprint density at radius 2 is 0.857 bits per heavy atom. The SMILES string of the molecule is CCCCCCCCCCCCCC/C=C\CCCCCCCCCCC(=O)NC(COP(=O)(O)OCC[N+](C)(C)C)C(O)CCCCCCCCCCCCCCCCCCC. The highest BCUT2D eigenvalue weighted by Gasteiger charge is 2.28. The molecule has 8 nitrogen and oxygen atoms in total. The molecule has 0 fully saturated rings. The molecule has 63 heavy (non-hydrogen) atoms. The van der Waals surface area contributed by atoms with Crippen LogP contribution in [0.1, 0.15) is 277 Å². The number of likely N-dealkylation sites (N-methyl/N-ethyl adjacent to an activating group) is 1. The summed E-state index contributed by atoms with van der Waals surface area (Å²) in [5.74, 6) is -0.143. The highest BCUT2D eigenvalue weighted by molar-refractivity contribution is 7.47. The van der Waals surface area contributed by atoms with E-state index in [0.29, 0.717) is 23.9 Å². The lowest BCUT2D eigenvalue weighted by Crippen LogP contribution is -2.46. The minimum Gasteiger partial charge on any atom is -0.391 e. The molecule has 0 saturated carbocycles. The van der Waals surface area contributed by atoms with Crippen LogP contribution in [0, 0.1) is 0 Å². The molecule has 376 valence electrons. The van der Waals surface area contributed by atoms with Crippen molar-refractivity contribution in [2.45, 2.75) is 289 Å². The fourth-order valence-electron chi connectivity index (χ4n) is 8.40. The number of amides is 1. The van der Waals surface area contributed by atoms with Gasteiger partial charge >= 0.3 is 7.82 Å². The molecule has 0 saturated heterocycles. The van der Waals surface area contributed by atoms with Crippen molar-refractivity contribution in [3.05, 3.63) is 12.2 Å². The first-order valence-corrected chi connectivity index (χ1v) is 29.0. The molecular weight excluding hydrogens is 804 g/mol. The Balaban J connectivity index is 4.17. The second-order valence-electron chi connectivity index (χ2n) is 20.3. The van der Waals surface area contributed by atoms with Crippen molar-refractivity contribution in [3.8, 4) is 0 Å². The van der Waals surface area contributed by atoms with Gasteiger partial charge < -0.3 is 19.8 Å². The van der Waals surface area contributed by atoms with E-state index in [1.54, 1.807) is 0 Å². The maximum absolute atomic E-state index is 13.0. The van der Waals surface area contributed by atoms with Crippen LogP contribution >= 0.6 is 7.82 Å². The predicted molar refractivity (Wildman–Crippen MR) is 272 cm³/mol. The standard InChI is InChI=1S/C54H109N2O6P/c1-6-8-10-12-14-16-18-20-22-24-25-26-27-28-29-30-32-34-36-38-40-42-44-46-48-54(58)55-52(51-62-63(59,60)61-50-49-56(3,4)5)53(57)47-45-43-41-39-37-35-33-31-23-21-19-17-15-13-11-9-7-2/h28-29,52-53,57H,6-27,30-51H2,1-5H3,(H-,55,58,59,60)/p+1/b29-28-. The Morgan fingerprint density at radius 1 is 0.524 bits per heavy atom. The summed E-state index contributed by atoms with van der Waals surface area (Å²) in [7, 11) is 1.63. The number of hydrogen-bond acceptors (Lipinski definition) is 5. The van der Waals surface area contributed by atoms with E-state index in [4.69, 9.17) is 9.05 Å². The minimum atomic E-state index is -4.32.